The molecule has 2 heteroatoms. The molecule has 1 atom stereocenters. The Hall–Kier alpha value is -1.56. The van der Waals surface area contributed by atoms with Gasteiger partial charge in [0.15, 0.2) is 0 Å². The lowest BCUT2D eigenvalue weighted by molar-refractivity contribution is 0.0640. The summed E-state index contributed by atoms with van der Waals surface area (Å²) in [7, 11) is -0.410. The van der Waals surface area contributed by atoms with Crippen LogP contribution in [0.2, 0.25) is 0 Å². The van der Waals surface area contributed by atoms with Gasteiger partial charge in [-0.15, -0.1) is 6.58 Å². The summed E-state index contributed by atoms with van der Waals surface area (Å²) in [6.45, 7) is 8.25. The van der Waals surface area contributed by atoms with Gasteiger partial charge in [-0.3, -0.25) is 0 Å². The van der Waals surface area contributed by atoms with Crippen molar-refractivity contribution >= 4 is 28.5 Å². The van der Waals surface area contributed by atoms with Gasteiger partial charge in [-0.05, 0) is 16.7 Å². The second-order valence-corrected chi connectivity index (χ2v) is 7.78. The molecule has 0 fully saturated rings. The number of benzene rings is 2. The zero-order valence-electron chi connectivity index (χ0n) is 12.6. The quantitative estimate of drug-likeness (QED) is 0.512. The fraction of sp³-hybridized carbons (Fsp3) is 0.263. The van der Waals surface area contributed by atoms with E-state index in [4.69, 9.17) is 4.74 Å². The van der Waals surface area contributed by atoms with E-state index >= 15 is 0 Å². The number of rotatable bonds is 5. The third-order valence-electron chi connectivity index (χ3n) is 3.97. The van der Waals surface area contributed by atoms with Gasteiger partial charge in [0.1, 0.15) is 0 Å². The Balaban J connectivity index is 2.05. The zero-order valence-corrected chi connectivity index (χ0v) is 13.5. The maximum Gasteiger partial charge on any atom is 0.0865 e. The summed E-state index contributed by atoms with van der Waals surface area (Å²) in [5.41, 5.74) is 0. The summed E-state index contributed by atoms with van der Waals surface area (Å²) < 4.78 is 6.16. The van der Waals surface area contributed by atoms with Crippen molar-refractivity contribution in [2.45, 2.75) is 26.3 Å². The van der Waals surface area contributed by atoms with Crippen LogP contribution in [0.25, 0.3) is 21.0 Å². The van der Waals surface area contributed by atoms with Crippen LogP contribution >= 0.6 is 7.53 Å². The maximum atomic E-state index is 6.16. The van der Waals surface area contributed by atoms with E-state index in [9.17, 15) is 0 Å². The molecule has 21 heavy (non-hydrogen) atoms. The molecule has 1 unspecified atom stereocenters. The molecule has 1 heterocycles. The lowest BCUT2D eigenvalue weighted by Crippen LogP contribution is -2.15. The monoisotopic (exact) mass is 296 g/mol. The van der Waals surface area contributed by atoms with Crippen molar-refractivity contribution in [1.29, 1.82) is 0 Å². The molecule has 2 aromatic carbocycles. The molecule has 0 aliphatic heterocycles. The van der Waals surface area contributed by atoms with E-state index < -0.39 is 7.53 Å². The predicted molar refractivity (Wildman–Crippen MR) is 94.1 cm³/mol. The van der Waals surface area contributed by atoms with Gasteiger partial charge in [-0.25, -0.2) is 0 Å². The molecule has 0 spiro atoms. The van der Waals surface area contributed by atoms with E-state index in [0.717, 1.165) is 6.35 Å². The summed E-state index contributed by atoms with van der Waals surface area (Å²) in [4.78, 5) is 0. The first kappa shape index (κ1) is 14.4. The van der Waals surface area contributed by atoms with Gasteiger partial charge in [0, 0.05) is 10.2 Å². The summed E-state index contributed by atoms with van der Waals surface area (Å²) in [5, 5.41) is 5.64. The van der Waals surface area contributed by atoms with Gasteiger partial charge >= 0.3 is 0 Å². The van der Waals surface area contributed by atoms with Crippen LogP contribution in [0.15, 0.2) is 61.2 Å². The molecule has 1 nitrogen and oxygen atoms in total. The molecule has 0 amide bonds. The van der Waals surface area contributed by atoms with Crippen molar-refractivity contribution in [2.75, 3.05) is 0 Å². The van der Waals surface area contributed by atoms with Crippen molar-refractivity contribution in [3.63, 3.8) is 0 Å². The van der Waals surface area contributed by atoms with Gasteiger partial charge < -0.3 is 4.74 Å². The second-order valence-electron chi connectivity index (χ2n) is 5.70. The first-order valence-electron chi connectivity index (χ1n) is 7.42. The van der Waals surface area contributed by atoms with Crippen LogP contribution in [0.4, 0.5) is 0 Å². The fourth-order valence-electron chi connectivity index (χ4n) is 2.84. The Morgan fingerprint density at radius 3 is 2.00 bits per heavy atom. The minimum atomic E-state index is -0.410. The van der Waals surface area contributed by atoms with Gasteiger partial charge in [0.2, 0.25) is 0 Å². The first-order valence-corrected chi connectivity index (χ1v) is 8.95. The SMILES string of the molecule is C=CC(OCp1c2ccccc2c2ccccc21)C(C)C. The number of hydrogen-bond acceptors (Lipinski definition) is 1. The van der Waals surface area contributed by atoms with E-state index in [1.165, 1.54) is 21.0 Å². The average Bonchev–Trinajstić information content (AvgIpc) is 2.82. The molecule has 108 valence electrons. The van der Waals surface area contributed by atoms with E-state index in [0.29, 0.717) is 5.92 Å². The Labute approximate surface area is 127 Å². The van der Waals surface area contributed by atoms with Gasteiger partial charge in [0.05, 0.1) is 12.5 Å². The van der Waals surface area contributed by atoms with Crippen LogP contribution in [0.5, 0.6) is 0 Å². The average molecular weight is 296 g/mol. The molecule has 1 aromatic heterocycles. The van der Waals surface area contributed by atoms with Crippen LogP contribution < -0.4 is 0 Å². The molecular weight excluding hydrogens is 275 g/mol. The van der Waals surface area contributed by atoms with Crippen molar-refractivity contribution < 1.29 is 4.74 Å². The minimum Gasteiger partial charge on any atom is -0.365 e. The fourth-order valence-corrected chi connectivity index (χ4v) is 5.20. The van der Waals surface area contributed by atoms with Crippen molar-refractivity contribution in [3.05, 3.63) is 61.2 Å². The Kier molecular flexibility index (Phi) is 4.14. The van der Waals surface area contributed by atoms with Crippen molar-refractivity contribution in [3.8, 4) is 0 Å². The van der Waals surface area contributed by atoms with E-state index in [2.05, 4.69) is 69.0 Å². The number of ether oxygens (including phenoxy) is 1. The highest BCUT2D eigenvalue weighted by molar-refractivity contribution is 7.60. The highest BCUT2D eigenvalue weighted by Crippen LogP contribution is 2.49. The van der Waals surface area contributed by atoms with Crippen LogP contribution in [0.3, 0.4) is 0 Å². The van der Waals surface area contributed by atoms with Gasteiger partial charge in [-0.2, -0.15) is 0 Å². The van der Waals surface area contributed by atoms with Crippen molar-refractivity contribution in [2.24, 2.45) is 5.92 Å². The molecule has 0 aliphatic rings. The molecule has 0 radical (unpaired) electrons. The molecule has 0 N–H and O–H groups in total. The molecule has 3 rings (SSSR count). The standard InChI is InChI=1S/C19H21OP/c1-4-17(14(2)3)20-13-21-18-11-7-5-9-15(18)16-10-6-8-12-19(16)21/h4-12,14,17H,1,13H2,2-3H3. The van der Waals surface area contributed by atoms with Crippen LogP contribution in [0, 0.1) is 5.92 Å². The lowest BCUT2D eigenvalue weighted by atomic mass is 10.1. The molecule has 0 aliphatic carbocycles. The first-order chi connectivity index (χ1) is 10.2. The maximum absolute atomic E-state index is 6.16. The molecular formula is C19H21OP. The molecule has 3 aromatic rings. The number of hydrogen-bond donors (Lipinski definition) is 0. The predicted octanol–water partition coefficient (Wildman–Crippen LogP) is 6.16. The molecule has 0 bridgehead atoms. The Bertz CT molecular complexity index is 716. The number of fused-ring (bicyclic) bond motifs is 3. The molecule has 0 saturated heterocycles. The third-order valence-corrected chi connectivity index (χ3v) is 6.32. The highest BCUT2D eigenvalue weighted by Gasteiger charge is 2.14. The third kappa shape index (κ3) is 2.64. The summed E-state index contributed by atoms with van der Waals surface area (Å²) >= 11 is 0. The highest BCUT2D eigenvalue weighted by atomic mass is 31.1. The second kappa shape index (κ2) is 6.05. The summed E-state index contributed by atoms with van der Waals surface area (Å²) in [6.07, 6.45) is 2.83. The topological polar surface area (TPSA) is 9.23 Å². The van der Waals surface area contributed by atoms with Gasteiger partial charge in [0.25, 0.3) is 0 Å². The minimum absolute atomic E-state index is 0.132. The van der Waals surface area contributed by atoms with Crippen molar-refractivity contribution in [1.82, 2.24) is 0 Å². The van der Waals surface area contributed by atoms with Crippen LogP contribution in [0.1, 0.15) is 13.8 Å². The van der Waals surface area contributed by atoms with Gasteiger partial charge in [-0.1, -0.05) is 76.0 Å². The van der Waals surface area contributed by atoms with E-state index in [-0.39, 0.29) is 6.10 Å². The largest absolute Gasteiger partial charge is 0.365 e. The summed E-state index contributed by atoms with van der Waals surface area (Å²) in [5.74, 6) is 0.464. The zero-order chi connectivity index (χ0) is 14.8. The summed E-state index contributed by atoms with van der Waals surface area (Å²) in [6, 6.07) is 17.5. The molecule has 0 saturated carbocycles. The van der Waals surface area contributed by atoms with E-state index in [1.807, 2.05) is 6.08 Å². The lowest BCUT2D eigenvalue weighted by Gasteiger charge is -2.17. The van der Waals surface area contributed by atoms with Crippen LogP contribution in [-0.2, 0) is 11.1 Å². The van der Waals surface area contributed by atoms with E-state index in [1.54, 1.807) is 0 Å². The van der Waals surface area contributed by atoms with Crippen LogP contribution in [-0.4, -0.2) is 6.10 Å². The normalized spacial score (nSPS) is 13.1. The Morgan fingerprint density at radius 1 is 1.00 bits per heavy atom. The smallest absolute Gasteiger partial charge is 0.0865 e. The Morgan fingerprint density at radius 2 is 1.52 bits per heavy atom.